The Labute approximate surface area is 194 Å². The lowest BCUT2D eigenvalue weighted by atomic mass is 9.71. The van der Waals surface area contributed by atoms with Gasteiger partial charge in [-0.2, -0.15) is 8.42 Å². The van der Waals surface area contributed by atoms with E-state index in [9.17, 15) is 8.42 Å². The fraction of sp³-hybridized carbons (Fsp3) is 0.308. The van der Waals surface area contributed by atoms with Crippen LogP contribution >= 0.6 is 15.9 Å². The molecule has 0 heterocycles. The molecule has 0 fully saturated rings. The van der Waals surface area contributed by atoms with Gasteiger partial charge in [0.2, 0.25) is 0 Å². The minimum Gasteiger partial charge on any atom is -0.282 e. The van der Waals surface area contributed by atoms with Gasteiger partial charge in [-0.05, 0) is 65.8 Å². The molecule has 3 aromatic rings. The lowest BCUT2D eigenvalue weighted by Crippen LogP contribution is -2.25. The molecule has 0 bridgehead atoms. The summed E-state index contributed by atoms with van der Waals surface area (Å²) < 4.78 is 30.9. The largest absolute Gasteiger partial charge is 0.294 e. The summed E-state index contributed by atoms with van der Waals surface area (Å²) in [5.74, 6) is 0. The molecule has 0 radical (unpaired) electrons. The molecule has 4 rings (SSSR count). The Bertz CT molecular complexity index is 1160. The highest BCUT2D eigenvalue weighted by atomic mass is 79.9. The van der Waals surface area contributed by atoms with Crippen molar-refractivity contribution in [3.05, 3.63) is 87.9 Å². The number of benzene rings is 3. The Balaban J connectivity index is 0.000000210. The lowest BCUT2D eigenvalue weighted by Gasteiger charge is -2.32. The fourth-order valence-corrected chi connectivity index (χ4v) is 6.11. The molecule has 0 unspecified atom stereocenters. The van der Waals surface area contributed by atoms with Crippen molar-refractivity contribution in [1.29, 1.82) is 0 Å². The molecule has 0 spiro atoms. The molecule has 0 amide bonds. The van der Waals surface area contributed by atoms with E-state index in [0.29, 0.717) is 0 Å². The molecule has 0 aromatic heterocycles. The van der Waals surface area contributed by atoms with E-state index in [1.54, 1.807) is 19.1 Å². The Morgan fingerprint density at radius 3 is 2.06 bits per heavy atom. The summed E-state index contributed by atoms with van der Waals surface area (Å²) >= 11 is 3.82. The van der Waals surface area contributed by atoms with Crippen molar-refractivity contribution < 1.29 is 13.0 Å². The summed E-state index contributed by atoms with van der Waals surface area (Å²) in [6.45, 7) is 6.36. The molecular formula is C26H29BrO3S. The second-order valence-electron chi connectivity index (χ2n) is 8.08. The zero-order valence-corrected chi connectivity index (χ0v) is 20.6. The van der Waals surface area contributed by atoms with E-state index in [-0.39, 0.29) is 10.3 Å². The van der Waals surface area contributed by atoms with Crippen LogP contribution in [0.5, 0.6) is 0 Å². The van der Waals surface area contributed by atoms with Crippen molar-refractivity contribution in [3.63, 3.8) is 0 Å². The first kappa shape index (κ1) is 23.7. The molecule has 3 nitrogen and oxygen atoms in total. The monoisotopic (exact) mass is 500 g/mol. The maximum atomic E-state index is 10.5. The van der Waals surface area contributed by atoms with Crippen LogP contribution in [0.25, 0.3) is 11.1 Å². The van der Waals surface area contributed by atoms with Crippen LogP contribution in [0.15, 0.2) is 76.1 Å². The fourth-order valence-electron chi connectivity index (χ4n) is 4.78. The van der Waals surface area contributed by atoms with Gasteiger partial charge in [0.05, 0.1) is 4.90 Å². The quantitative estimate of drug-likeness (QED) is 0.367. The van der Waals surface area contributed by atoms with Gasteiger partial charge in [-0.25, -0.2) is 0 Å². The number of hydrogen-bond acceptors (Lipinski definition) is 2. The molecule has 0 aliphatic heterocycles. The molecule has 0 atom stereocenters. The maximum Gasteiger partial charge on any atom is 0.294 e. The Kier molecular flexibility index (Phi) is 7.40. The first-order valence-corrected chi connectivity index (χ1v) is 12.9. The average molecular weight is 501 g/mol. The number of halogens is 1. The average Bonchev–Trinajstić information content (AvgIpc) is 3.00. The van der Waals surface area contributed by atoms with Gasteiger partial charge in [0.1, 0.15) is 0 Å². The number of aryl methyl sites for hydroxylation is 1. The summed E-state index contributed by atoms with van der Waals surface area (Å²) in [5, 5.41) is 0. The molecule has 1 N–H and O–H groups in total. The van der Waals surface area contributed by atoms with Gasteiger partial charge >= 0.3 is 0 Å². The van der Waals surface area contributed by atoms with E-state index in [1.165, 1.54) is 64.5 Å². The smallest absolute Gasteiger partial charge is 0.282 e. The Morgan fingerprint density at radius 2 is 1.48 bits per heavy atom. The van der Waals surface area contributed by atoms with Crippen molar-refractivity contribution in [2.24, 2.45) is 0 Å². The van der Waals surface area contributed by atoms with Gasteiger partial charge < -0.3 is 0 Å². The predicted octanol–water partition coefficient (Wildman–Crippen LogP) is 7.56. The summed E-state index contributed by atoms with van der Waals surface area (Å²) in [6.07, 6.45) is 4.89. The summed E-state index contributed by atoms with van der Waals surface area (Å²) in [5.41, 5.74) is 6.92. The predicted molar refractivity (Wildman–Crippen MR) is 131 cm³/mol. The highest BCUT2D eigenvalue weighted by molar-refractivity contribution is 9.10. The third-order valence-electron chi connectivity index (χ3n) is 5.87. The second kappa shape index (κ2) is 9.68. The van der Waals surface area contributed by atoms with Crippen LogP contribution in [0, 0.1) is 6.92 Å². The van der Waals surface area contributed by atoms with Crippen molar-refractivity contribution in [3.8, 4) is 11.1 Å². The van der Waals surface area contributed by atoms with Crippen LogP contribution in [0.1, 0.15) is 56.2 Å². The van der Waals surface area contributed by atoms with E-state index in [0.717, 1.165) is 5.56 Å². The first-order chi connectivity index (χ1) is 14.7. The molecule has 1 aliphatic carbocycles. The van der Waals surface area contributed by atoms with Gasteiger partial charge in [-0.3, -0.25) is 4.55 Å². The van der Waals surface area contributed by atoms with Crippen LogP contribution in [0.3, 0.4) is 0 Å². The van der Waals surface area contributed by atoms with Crippen LogP contribution in [-0.2, 0) is 15.5 Å². The van der Waals surface area contributed by atoms with Crippen LogP contribution in [0.2, 0.25) is 0 Å². The zero-order valence-electron chi connectivity index (χ0n) is 18.2. The van der Waals surface area contributed by atoms with Gasteiger partial charge in [0.15, 0.2) is 0 Å². The molecule has 31 heavy (non-hydrogen) atoms. The lowest BCUT2D eigenvalue weighted by molar-refractivity contribution is 0.434. The van der Waals surface area contributed by atoms with Crippen molar-refractivity contribution in [2.75, 3.05) is 0 Å². The van der Waals surface area contributed by atoms with Gasteiger partial charge in [0, 0.05) is 9.89 Å². The normalized spacial score (nSPS) is 13.7. The Morgan fingerprint density at radius 1 is 0.871 bits per heavy atom. The summed E-state index contributed by atoms with van der Waals surface area (Å²) in [6, 6.07) is 21.7. The minimum absolute atomic E-state index is 0.0579. The van der Waals surface area contributed by atoms with E-state index in [1.807, 2.05) is 0 Å². The molecule has 5 heteroatoms. The standard InChI is InChI=1S/C19H21Br.C7H8O3S/c1-3-12-19(13-4-2)16-10-6-5-8-14(16)15-9-7-11-17(20)18(15)19;1-6-3-2-4-7(5-6)11(8,9)10/h5-11H,3-4,12-13H2,1-2H3;2-5H,1H3,(H,8,9,10). The van der Waals surface area contributed by atoms with E-state index < -0.39 is 10.1 Å². The van der Waals surface area contributed by atoms with Crippen molar-refractivity contribution in [1.82, 2.24) is 0 Å². The first-order valence-electron chi connectivity index (χ1n) is 10.7. The highest BCUT2D eigenvalue weighted by Gasteiger charge is 2.42. The summed E-state index contributed by atoms with van der Waals surface area (Å²) in [4.78, 5) is -0.0579. The third-order valence-corrected chi connectivity index (χ3v) is 7.38. The second-order valence-corrected chi connectivity index (χ2v) is 10.4. The van der Waals surface area contributed by atoms with Gasteiger partial charge in [-0.15, -0.1) is 0 Å². The number of fused-ring (bicyclic) bond motifs is 3. The topological polar surface area (TPSA) is 54.4 Å². The Hall–Kier alpha value is -1.95. The van der Waals surface area contributed by atoms with Gasteiger partial charge in [-0.1, -0.05) is 91.1 Å². The SMILES string of the molecule is CCCC1(CCC)c2ccccc2-c2cccc(Br)c21.Cc1cccc(S(=O)(=O)O)c1. The molecule has 1 aliphatic rings. The molecule has 3 aromatic carbocycles. The minimum atomic E-state index is -4.03. The molecule has 0 saturated carbocycles. The number of rotatable bonds is 5. The third kappa shape index (κ3) is 4.79. The van der Waals surface area contributed by atoms with E-state index >= 15 is 0 Å². The maximum absolute atomic E-state index is 10.5. The van der Waals surface area contributed by atoms with Gasteiger partial charge in [0.25, 0.3) is 10.1 Å². The highest BCUT2D eigenvalue weighted by Crippen LogP contribution is 2.55. The van der Waals surface area contributed by atoms with E-state index in [4.69, 9.17) is 4.55 Å². The van der Waals surface area contributed by atoms with Crippen molar-refractivity contribution in [2.45, 2.75) is 56.8 Å². The molecule has 164 valence electrons. The van der Waals surface area contributed by atoms with Crippen LogP contribution in [0.4, 0.5) is 0 Å². The van der Waals surface area contributed by atoms with Crippen LogP contribution < -0.4 is 0 Å². The molecule has 0 saturated heterocycles. The van der Waals surface area contributed by atoms with Crippen molar-refractivity contribution >= 4 is 26.0 Å². The summed E-state index contributed by atoms with van der Waals surface area (Å²) in [7, 11) is -4.03. The van der Waals surface area contributed by atoms with Crippen LogP contribution in [-0.4, -0.2) is 13.0 Å². The number of hydrogen-bond donors (Lipinski definition) is 1. The zero-order chi connectivity index (χ0) is 22.6. The van der Waals surface area contributed by atoms with E-state index in [2.05, 4.69) is 72.2 Å². The molecular weight excluding hydrogens is 472 g/mol.